The Balaban J connectivity index is 2.46. The quantitative estimate of drug-likeness (QED) is 0.370. The summed E-state index contributed by atoms with van der Waals surface area (Å²) in [5.74, 6) is -0.827. The van der Waals surface area contributed by atoms with Crippen LogP contribution in [0.15, 0.2) is 0 Å². The number of ether oxygens (including phenoxy) is 3. The number of hydrogen-bond donors (Lipinski definition) is 5. The third-order valence-corrected chi connectivity index (χ3v) is 3.16. The summed E-state index contributed by atoms with van der Waals surface area (Å²) >= 11 is 0. The molecule has 6 atom stereocenters. The predicted molar refractivity (Wildman–Crippen MR) is 78.7 cm³/mol. The fourth-order valence-corrected chi connectivity index (χ4v) is 1.90. The Morgan fingerprint density at radius 3 is 2.25 bits per heavy atom. The van der Waals surface area contributed by atoms with Crippen LogP contribution >= 0.6 is 0 Å². The lowest BCUT2D eigenvalue weighted by atomic mass is 9.99. The third-order valence-electron chi connectivity index (χ3n) is 3.16. The summed E-state index contributed by atoms with van der Waals surface area (Å²) in [6.07, 6.45) is -8.60. The molecule has 1 amide bonds. The molecule has 0 spiro atoms. The summed E-state index contributed by atoms with van der Waals surface area (Å²) in [4.78, 5) is 23.4. The topological polar surface area (TPSA) is 155 Å². The van der Waals surface area contributed by atoms with Crippen LogP contribution in [0.25, 0.3) is 0 Å². The van der Waals surface area contributed by atoms with E-state index >= 15 is 0 Å². The number of carbonyl (C=O) groups excluding carboxylic acids is 2. The molecular formula is C14H25NO9. The van der Waals surface area contributed by atoms with Crippen molar-refractivity contribution in [2.45, 2.75) is 70.0 Å². The Kier molecular flexibility index (Phi) is 6.93. The van der Waals surface area contributed by atoms with Crippen LogP contribution in [-0.2, 0) is 19.0 Å². The van der Waals surface area contributed by atoms with Crippen LogP contribution in [0, 0.1) is 0 Å². The highest BCUT2D eigenvalue weighted by Gasteiger charge is 2.43. The van der Waals surface area contributed by atoms with Crippen LogP contribution in [0.5, 0.6) is 0 Å². The molecule has 0 bridgehead atoms. The number of rotatable bonds is 4. The monoisotopic (exact) mass is 351 g/mol. The second kappa shape index (κ2) is 8.08. The molecule has 0 aromatic carbocycles. The summed E-state index contributed by atoms with van der Waals surface area (Å²) in [7, 11) is 0. The van der Waals surface area contributed by atoms with E-state index in [2.05, 4.69) is 5.32 Å². The van der Waals surface area contributed by atoms with Crippen LogP contribution in [0.4, 0.5) is 4.79 Å². The van der Waals surface area contributed by atoms with E-state index in [-0.39, 0.29) is 0 Å². The van der Waals surface area contributed by atoms with Crippen molar-refractivity contribution < 1.29 is 44.2 Å². The van der Waals surface area contributed by atoms with E-state index in [1.54, 1.807) is 20.8 Å². The zero-order valence-electron chi connectivity index (χ0n) is 14.0. The lowest BCUT2D eigenvalue weighted by Crippen LogP contribution is -2.58. The highest BCUT2D eigenvalue weighted by molar-refractivity contribution is 5.81. The summed E-state index contributed by atoms with van der Waals surface area (Å²) in [5.41, 5.74) is -0.721. The Morgan fingerprint density at radius 1 is 1.12 bits per heavy atom. The SMILES string of the molecule is C[C@@H](NC(=O)OC(C)(C)C)C(=O)OC[C@@H]1O[C@H](O)[C@H](O)[C@H](O)[C@H]1O. The number of alkyl carbamates (subject to hydrolysis) is 1. The predicted octanol–water partition coefficient (Wildman–Crippen LogP) is -1.76. The van der Waals surface area contributed by atoms with Crippen molar-refractivity contribution in [3.63, 3.8) is 0 Å². The maximum absolute atomic E-state index is 11.8. The van der Waals surface area contributed by atoms with Crippen molar-refractivity contribution in [3.8, 4) is 0 Å². The maximum atomic E-state index is 11.8. The normalized spacial score (nSPS) is 31.9. The van der Waals surface area contributed by atoms with Crippen LogP contribution in [0.3, 0.4) is 0 Å². The molecule has 10 nitrogen and oxygen atoms in total. The molecule has 1 aliphatic rings. The van der Waals surface area contributed by atoms with E-state index < -0.39 is 61.0 Å². The third kappa shape index (κ3) is 5.87. The molecule has 1 saturated heterocycles. The second-order valence-corrected chi connectivity index (χ2v) is 6.53. The van der Waals surface area contributed by atoms with E-state index in [9.17, 15) is 30.0 Å². The van der Waals surface area contributed by atoms with Crippen molar-refractivity contribution in [2.24, 2.45) is 0 Å². The molecule has 24 heavy (non-hydrogen) atoms. The average molecular weight is 351 g/mol. The van der Waals surface area contributed by atoms with Gasteiger partial charge in [-0.2, -0.15) is 0 Å². The van der Waals surface area contributed by atoms with Crippen LogP contribution in [0.2, 0.25) is 0 Å². The Morgan fingerprint density at radius 2 is 1.71 bits per heavy atom. The van der Waals surface area contributed by atoms with Gasteiger partial charge in [-0.1, -0.05) is 0 Å². The fraction of sp³-hybridized carbons (Fsp3) is 0.857. The number of amides is 1. The largest absolute Gasteiger partial charge is 0.461 e. The molecule has 1 heterocycles. The van der Waals surface area contributed by atoms with Gasteiger partial charge >= 0.3 is 12.1 Å². The minimum Gasteiger partial charge on any atom is -0.461 e. The number of aliphatic hydroxyl groups is 4. The minimum atomic E-state index is -1.72. The molecule has 0 radical (unpaired) electrons. The highest BCUT2D eigenvalue weighted by Crippen LogP contribution is 2.20. The standard InChI is InChI=1S/C14H25NO9/c1-6(15-13(21)24-14(2,3)4)11(19)22-5-7-8(16)9(17)10(18)12(20)23-7/h6-10,12,16-18,20H,5H2,1-4H3,(H,15,21)/t6-,7+,8+,9-,10-,12+/m1/s1. The van der Waals surface area contributed by atoms with Crippen molar-refractivity contribution in [1.29, 1.82) is 0 Å². The van der Waals surface area contributed by atoms with Gasteiger partial charge in [-0.05, 0) is 27.7 Å². The van der Waals surface area contributed by atoms with Gasteiger partial charge in [-0.25, -0.2) is 9.59 Å². The smallest absolute Gasteiger partial charge is 0.408 e. The number of esters is 1. The summed E-state index contributed by atoms with van der Waals surface area (Å²) in [6, 6.07) is -1.03. The van der Waals surface area contributed by atoms with E-state index in [0.717, 1.165) is 0 Å². The summed E-state index contributed by atoms with van der Waals surface area (Å²) < 4.78 is 14.7. The van der Waals surface area contributed by atoms with Gasteiger partial charge in [-0.15, -0.1) is 0 Å². The maximum Gasteiger partial charge on any atom is 0.408 e. The zero-order valence-corrected chi connectivity index (χ0v) is 14.0. The van der Waals surface area contributed by atoms with Gasteiger partial charge in [0.1, 0.15) is 42.7 Å². The van der Waals surface area contributed by atoms with Crippen molar-refractivity contribution in [2.75, 3.05) is 6.61 Å². The molecule has 5 N–H and O–H groups in total. The average Bonchev–Trinajstić information content (AvgIpc) is 2.44. The van der Waals surface area contributed by atoms with E-state index in [1.165, 1.54) is 6.92 Å². The van der Waals surface area contributed by atoms with Gasteiger partial charge in [0, 0.05) is 0 Å². The van der Waals surface area contributed by atoms with Crippen molar-refractivity contribution in [1.82, 2.24) is 5.32 Å². The van der Waals surface area contributed by atoms with Crippen LogP contribution in [-0.4, -0.2) is 81.4 Å². The molecule has 0 aromatic rings. The number of hydrogen-bond acceptors (Lipinski definition) is 9. The Hall–Kier alpha value is -1.46. The van der Waals surface area contributed by atoms with Gasteiger partial charge in [-0.3, -0.25) is 0 Å². The van der Waals surface area contributed by atoms with E-state index in [1.807, 2.05) is 0 Å². The first-order valence-corrected chi connectivity index (χ1v) is 7.46. The molecule has 0 saturated carbocycles. The first-order chi connectivity index (χ1) is 10.9. The Bertz CT molecular complexity index is 450. The molecule has 140 valence electrons. The number of nitrogens with one attached hydrogen (secondary N) is 1. The first-order valence-electron chi connectivity index (χ1n) is 7.46. The zero-order chi connectivity index (χ0) is 18.7. The van der Waals surface area contributed by atoms with Crippen LogP contribution in [0.1, 0.15) is 27.7 Å². The molecule has 0 unspecified atom stereocenters. The molecule has 1 fully saturated rings. The second-order valence-electron chi connectivity index (χ2n) is 6.53. The summed E-state index contributed by atoms with van der Waals surface area (Å²) in [6.45, 7) is 5.90. The van der Waals surface area contributed by atoms with Gasteiger partial charge in [0.25, 0.3) is 0 Å². The van der Waals surface area contributed by atoms with Crippen molar-refractivity contribution >= 4 is 12.1 Å². The first kappa shape index (κ1) is 20.6. The summed E-state index contributed by atoms with van der Waals surface area (Å²) in [5, 5.41) is 40.3. The fourth-order valence-electron chi connectivity index (χ4n) is 1.90. The van der Waals surface area contributed by atoms with Crippen LogP contribution < -0.4 is 5.32 Å². The van der Waals surface area contributed by atoms with Gasteiger partial charge in [0.2, 0.25) is 0 Å². The van der Waals surface area contributed by atoms with Gasteiger partial charge in [0.15, 0.2) is 6.29 Å². The lowest BCUT2D eigenvalue weighted by Gasteiger charge is -2.38. The van der Waals surface area contributed by atoms with E-state index in [0.29, 0.717) is 0 Å². The van der Waals surface area contributed by atoms with Gasteiger partial charge < -0.3 is 40.0 Å². The molecule has 1 aliphatic heterocycles. The molecular weight excluding hydrogens is 326 g/mol. The number of carbonyl (C=O) groups is 2. The van der Waals surface area contributed by atoms with Crippen molar-refractivity contribution in [3.05, 3.63) is 0 Å². The molecule has 0 aliphatic carbocycles. The highest BCUT2D eigenvalue weighted by atomic mass is 16.7. The number of aliphatic hydroxyl groups excluding tert-OH is 4. The van der Waals surface area contributed by atoms with E-state index in [4.69, 9.17) is 14.2 Å². The molecule has 10 heteroatoms. The lowest BCUT2D eigenvalue weighted by molar-refractivity contribution is -0.287. The Labute approximate surface area is 139 Å². The minimum absolute atomic E-state index is 0.485. The van der Waals surface area contributed by atoms with Gasteiger partial charge in [0.05, 0.1) is 0 Å². The molecule has 0 aromatic heterocycles. The molecule has 1 rings (SSSR count).